The summed E-state index contributed by atoms with van der Waals surface area (Å²) in [5.74, 6) is -0.943. The van der Waals surface area contributed by atoms with Gasteiger partial charge in [-0.15, -0.1) is 0 Å². The van der Waals surface area contributed by atoms with Crippen molar-refractivity contribution in [1.29, 1.82) is 0 Å². The van der Waals surface area contributed by atoms with Crippen LogP contribution in [0.5, 0.6) is 0 Å². The Morgan fingerprint density at radius 3 is 1.37 bits per heavy atom. The number of carbonyl (C=O) groups is 2. The van der Waals surface area contributed by atoms with E-state index in [-0.39, 0.29) is 26.1 Å². The summed E-state index contributed by atoms with van der Waals surface area (Å²) in [6.07, 6.45) is 28.8. The second-order valence-corrected chi connectivity index (χ2v) is 19.4. The maximum absolute atomic E-state index is 13.0. The molecule has 15 heteroatoms. The van der Waals surface area contributed by atoms with Gasteiger partial charge in [0.15, 0.2) is 18.7 Å². The molecule has 0 aliphatic carbocycles. The fraction of sp³-hybridized carbons (Fsp3) is 0.855. The van der Waals surface area contributed by atoms with Gasteiger partial charge in [0.05, 0.1) is 19.8 Å². The lowest BCUT2D eigenvalue weighted by molar-refractivity contribution is -0.332. The molecule has 408 valence electrons. The summed E-state index contributed by atoms with van der Waals surface area (Å²) in [5, 5.41) is 72.2. The molecule has 0 aromatic heterocycles. The standard InChI is InChI=1S/C55H98O15/c1-3-5-7-9-11-13-15-17-19-21-23-25-27-29-31-33-35-37-46(57)65-40-43(68-47(58)38-36-34-32-30-28-26-24-22-20-18-16-14-12-10-8-6-4-2)41-66-54-53(64)51(62)49(60)45(70-54)42-67-55-52(63)50(61)48(59)44(39-56)69-55/h12,14,18,20,24,26,43-45,48-56,59-64H,3-11,13,15-17,19,21-23,25,27-42H2,1-2H3/b14-12+,20-18+,26-24+/t43-,44+,45+,48-,49-,50?,51?,52?,53?,54+,55+/m0/s1. The lowest BCUT2D eigenvalue weighted by Gasteiger charge is -2.42. The predicted octanol–water partition coefficient (Wildman–Crippen LogP) is 8.49. The molecule has 2 fully saturated rings. The number of rotatable bonds is 43. The number of hydrogen-bond acceptors (Lipinski definition) is 15. The SMILES string of the molecule is CCCCC/C=C/C/C=C/C/C=C/CCCCCCC(=O)O[C@@H](COC(=O)CCCCCCCCCCCCCCCCCCC)CO[C@@H]1O[C@H](CO[C@@H]2O[C@H](CO)[C@H](O)C(O)C2O)[C@H](O)C(O)C1O. The van der Waals surface area contributed by atoms with Crippen LogP contribution < -0.4 is 0 Å². The summed E-state index contributed by atoms with van der Waals surface area (Å²) in [4.78, 5) is 25.8. The summed E-state index contributed by atoms with van der Waals surface area (Å²) >= 11 is 0. The molecule has 11 atom stereocenters. The van der Waals surface area contributed by atoms with Gasteiger partial charge in [0.1, 0.15) is 55.4 Å². The molecule has 4 unspecified atom stereocenters. The van der Waals surface area contributed by atoms with Crippen LogP contribution in [0.15, 0.2) is 36.5 Å². The summed E-state index contributed by atoms with van der Waals surface area (Å²) in [7, 11) is 0. The van der Waals surface area contributed by atoms with Crippen molar-refractivity contribution >= 4 is 11.9 Å². The molecule has 70 heavy (non-hydrogen) atoms. The van der Waals surface area contributed by atoms with E-state index in [9.17, 15) is 45.3 Å². The molecule has 0 radical (unpaired) electrons. The molecular formula is C55H98O15. The number of allylic oxidation sites excluding steroid dienone is 6. The van der Waals surface area contributed by atoms with E-state index in [0.29, 0.717) is 12.8 Å². The second kappa shape index (κ2) is 42.1. The van der Waals surface area contributed by atoms with Crippen LogP contribution in [-0.2, 0) is 38.0 Å². The Hall–Kier alpha value is -2.28. The van der Waals surface area contributed by atoms with Crippen molar-refractivity contribution in [2.45, 2.75) is 274 Å². The van der Waals surface area contributed by atoms with Crippen LogP contribution in [0.2, 0.25) is 0 Å². The van der Waals surface area contributed by atoms with Crippen molar-refractivity contribution in [3.63, 3.8) is 0 Å². The van der Waals surface area contributed by atoms with Gasteiger partial charge in [0, 0.05) is 12.8 Å². The van der Waals surface area contributed by atoms with Gasteiger partial charge in [-0.2, -0.15) is 0 Å². The predicted molar refractivity (Wildman–Crippen MR) is 270 cm³/mol. The smallest absolute Gasteiger partial charge is 0.306 e. The van der Waals surface area contributed by atoms with Crippen LogP contribution in [0.25, 0.3) is 0 Å². The number of esters is 2. The van der Waals surface area contributed by atoms with Crippen LogP contribution in [0.4, 0.5) is 0 Å². The average Bonchev–Trinajstić information content (AvgIpc) is 3.35. The van der Waals surface area contributed by atoms with Crippen LogP contribution in [0.3, 0.4) is 0 Å². The molecule has 0 aromatic carbocycles. The molecule has 2 rings (SSSR count). The van der Waals surface area contributed by atoms with E-state index in [0.717, 1.165) is 64.2 Å². The Morgan fingerprint density at radius 2 is 0.857 bits per heavy atom. The molecule has 0 saturated carbocycles. The first-order chi connectivity index (χ1) is 34.0. The van der Waals surface area contributed by atoms with Gasteiger partial charge in [-0.1, -0.05) is 179 Å². The first kappa shape index (κ1) is 63.8. The summed E-state index contributed by atoms with van der Waals surface area (Å²) in [6, 6.07) is 0. The van der Waals surface area contributed by atoms with E-state index in [4.69, 9.17) is 28.4 Å². The zero-order chi connectivity index (χ0) is 51.0. The van der Waals surface area contributed by atoms with Crippen molar-refractivity contribution in [1.82, 2.24) is 0 Å². The minimum absolute atomic E-state index is 0.141. The number of hydrogen-bond donors (Lipinski definition) is 7. The Bertz CT molecular complexity index is 1360. The summed E-state index contributed by atoms with van der Waals surface area (Å²) in [6.45, 7) is 2.56. The Balaban J connectivity index is 1.79. The van der Waals surface area contributed by atoms with Crippen molar-refractivity contribution in [3.8, 4) is 0 Å². The van der Waals surface area contributed by atoms with Crippen LogP contribution in [-0.4, -0.2) is 142 Å². The maximum Gasteiger partial charge on any atom is 0.306 e. The minimum atomic E-state index is -1.77. The molecule has 0 aromatic rings. The fourth-order valence-electron chi connectivity index (χ4n) is 8.58. The molecule has 0 bridgehead atoms. The van der Waals surface area contributed by atoms with Crippen LogP contribution >= 0.6 is 0 Å². The zero-order valence-corrected chi connectivity index (χ0v) is 43.3. The van der Waals surface area contributed by atoms with E-state index in [1.165, 1.54) is 103 Å². The van der Waals surface area contributed by atoms with Gasteiger partial charge in [-0.3, -0.25) is 9.59 Å². The highest BCUT2D eigenvalue weighted by Crippen LogP contribution is 2.26. The molecule has 15 nitrogen and oxygen atoms in total. The van der Waals surface area contributed by atoms with E-state index in [2.05, 4.69) is 50.3 Å². The van der Waals surface area contributed by atoms with Gasteiger partial charge in [-0.25, -0.2) is 0 Å². The van der Waals surface area contributed by atoms with Gasteiger partial charge < -0.3 is 64.2 Å². The number of unbranched alkanes of at least 4 members (excludes halogenated alkanes) is 23. The fourth-order valence-corrected chi connectivity index (χ4v) is 8.58. The maximum atomic E-state index is 13.0. The highest BCUT2D eigenvalue weighted by molar-refractivity contribution is 5.70. The first-order valence-corrected chi connectivity index (χ1v) is 27.6. The van der Waals surface area contributed by atoms with Crippen molar-refractivity contribution in [3.05, 3.63) is 36.5 Å². The lowest BCUT2D eigenvalue weighted by Crippen LogP contribution is -2.61. The van der Waals surface area contributed by atoms with Crippen molar-refractivity contribution < 1.29 is 73.8 Å². The third-order valence-electron chi connectivity index (χ3n) is 13.1. The first-order valence-electron chi connectivity index (χ1n) is 27.6. The number of aliphatic hydroxyl groups excluding tert-OH is 7. The number of carbonyl (C=O) groups excluding carboxylic acids is 2. The molecule has 0 amide bonds. The second-order valence-electron chi connectivity index (χ2n) is 19.4. The van der Waals surface area contributed by atoms with Gasteiger partial charge in [0.25, 0.3) is 0 Å². The number of aliphatic hydroxyl groups is 7. The van der Waals surface area contributed by atoms with Gasteiger partial charge in [-0.05, 0) is 51.4 Å². The van der Waals surface area contributed by atoms with Crippen LogP contribution in [0, 0.1) is 0 Å². The Kier molecular flexibility index (Phi) is 38.4. The molecule has 7 N–H and O–H groups in total. The number of ether oxygens (including phenoxy) is 6. The van der Waals surface area contributed by atoms with Crippen molar-refractivity contribution in [2.24, 2.45) is 0 Å². The van der Waals surface area contributed by atoms with E-state index < -0.39 is 92.7 Å². The lowest BCUT2D eigenvalue weighted by atomic mass is 9.98. The van der Waals surface area contributed by atoms with E-state index in [1.807, 2.05) is 0 Å². The molecule has 2 aliphatic heterocycles. The highest BCUT2D eigenvalue weighted by Gasteiger charge is 2.47. The normalized spacial score (nSPS) is 25.6. The largest absolute Gasteiger partial charge is 0.462 e. The van der Waals surface area contributed by atoms with E-state index in [1.54, 1.807) is 0 Å². The van der Waals surface area contributed by atoms with Crippen LogP contribution in [0.1, 0.15) is 206 Å². The quantitative estimate of drug-likeness (QED) is 0.0173. The zero-order valence-electron chi connectivity index (χ0n) is 43.3. The third-order valence-corrected chi connectivity index (χ3v) is 13.1. The van der Waals surface area contributed by atoms with Crippen molar-refractivity contribution in [2.75, 3.05) is 26.4 Å². The minimum Gasteiger partial charge on any atom is -0.462 e. The molecular weight excluding hydrogens is 901 g/mol. The Morgan fingerprint density at radius 1 is 0.457 bits per heavy atom. The van der Waals surface area contributed by atoms with Gasteiger partial charge >= 0.3 is 11.9 Å². The van der Waals surface area contributed by atoms with Gasteiger partial charge in [0.2, 0.25) is 0 Å². The molecule has 2 aliphatic rings. The average molecular weight is 999 g/mol. The summed E-state index contributed by atoms with van der Waals surface area (Å²) < 4.78 is 33.6. The summed E-state index contributed by atoms with van der Waals surface area (Å²) in [5.41, 5.74) is 0. The highest BCUT2D eigenvalue weighted by atomic mass is 16.7. The topological polar surface area (TPSA) is 231 Å². The van der Waals surface area contributed by atoms with E-state index >= 15 is 0 Å². The molecule has 0 spiro atoms. The molecule has 2 heterocycles. The third kappa shape index (κ3) is 29.4. The Labute approximate surface area is 421 Å². The monoisotopic (exact) mass is 999 g/mol. The molecule has 2 saturated heterocycles.